The Hall–Kier alpha value is 0.116. The Morgan fingerprint density at radius 2 is 1.80 bits per heavy atom. The number of hydrogen-bond acceptors (Lipinski definition) is 3. The van der Waals surface area contributed by atoms with Gasteiger partial charge in [0, 0.05) is 25.5 Å². The molecule has 0 atom stereocenters. The summed E-state index contributed by atoms with van der Waals surface area (Å²) in [5.41, 5.74) is 2.42. The molecule has 0 N–H and O–H groups in total. The Morgan fingerprint density at radius 1 is 1.10 bits per heavy atom. The molecule has 2 aromatic rings. The van der Waals surface area contributed by atoms with Gasteiger partial charge in [0.05, 0.1) is 0 Å². The standard InChI is InChI=1S/C15H16N2S2.K/c18-15(19)17(12-14-7-4-9-16-11-14)10-8-13-5-2-1-3-6-13;/h1-7,9,11H,8,10,12H2,(H,18,19);/q;+1/p-1. The SMILES string of the molecule is S=C([S-])N(CCc1ccccc1)Cc1cccnc1.[K+]. The molecular weight excluding hydrogens is 311 g/mol. The first kappa shape index (κ1) is 18.2. The molecule has 1 aromatic carbocycles. The molecule has 0 spiro atoms. The molecule has 2 nitrogen and oxygen atoms in total. The van der Waals surface area contributed by atoms with Gasteiger partial charge in [-0.15, -0.1) is 0 Å². The van der Waals surface area contributed by atoms with Gasteiger partial charge in [-0.25, -0.2) is 0 Å². The van der Waals surface area contributed by atoms with Crippen LogP contribution in [0.5, 0.6) is 0 Å². The van der Waals surface area contributed by atoms with Crippen LogP contribution >= 0.6 is 12.2 Å². The van der Waals surface area contributed by atoms with E-state index in [0.29, 0.717) is 4.32 Å². The van der Waals surface area contributed by atoms with Crippen LogP contribution in [0.2, 0.25) is 0 Å². The minimum atomic E-state index is 0. The Kier molecular flexibility index (Phi) is 9.03. The molecule has 1 heterocycles. The molecule has 0 bridgehead atoms. The van der Waals surface area contributed by atoms with Crippen molar-refractivity contribution in [2.75, 3.05) is 6.54 Å². The van der Waals surface area contributed by atoms with Crippen LogP contribution < -0.4 is 51.4 Å². The first-order chi connectivity index (χ1) is 9.25. The Bertz CT molecular complexity index is 520. The topological polar surface area (TPSA) is 16.1 Å². The number of rotatable bonds is 5. The zero-order valence-electron chi connectivity index (χ0n) is 11.5. The van der Waals surface area contributed by atoms with Crippen molar-refractivity contribution in [3.63, 3.8) is 0 Å². The van der Waals surface area contributed by atoms with E-state index in [0.717, 1.165) is 25.1 Å². The molecule has 0 aliphatic carbocycles. The van der Waals surface area contributed by atoms with Crippen molar-refractivity contribution in [2.45, 2.75) is 13.0 Å². The zero-order valence-corrected chi connectivity index (χ0v) is 16.3. The third kappa shape index (κ3) is 6.26. The molecule has 5 heteroatoms. The molecule has 0 unspecified atom stereocenters. The van der Waals surface area contributed by atoms with Gasteiger partial charge in [-0.05, 0) is 23.6 Å². The summed E-state index contributed by atoms with van der Waals surface area (Å²) in [6, 6.07) is 14.3. The summed E-state index contributed by atoms with van der Waals surface area (Å²) in [5, 5.41) is 0. The summed E-state index contributed by atoms with van der Waals surface area (Å²) in [5.74, 6) is 0. The monoisotopic (exact) mass is 326 g/mol. The number of pyridine rings is 1. The second-order valence-electron chi connectivity index (χ2n) is 4.28. The van der Waals surface area contributed by atoms with Gasteiger partial charge in [0.1, 0.15) is 0 Å². The van der Waals surface area contributed by atoms with Crippen LogP contribution in [0.4, 0.5) is 0 Å². The summed E-state index contributed by atoms with van der Waals surface area (Å²) in [7, 11) is 0. The third-order valence-corrected chi connectivity index (χ3v) is 3.38. The van der Waals surface area contributed by atoms with Crippen LogP contribution in [-0.4, -0.2) is 20.7 Å². The average molecular weight is 327 g/mol. The summed E-state index contributed by atoms with van der Waals surface area (Å²) >= 11 is 10.3. The molecule has 0 radical (unpaired) electrons. The Labute approximate surface area is 173 Å². The van der Waals surface area contributed by atoms with Crippen LogP contribution in [0.1, 0.15) is 11.1 Å². The van der Waals surface area contributed by atoms with Gasteiger partial charge in [0.25, 0.3) is 0 Å². The summed E-state index contributed by atoms with van der Waals surface area (Å²) in [6.45, 7) is 1.56. The van der Waals surface area contributed by atoms with Crippen molar-refractivity contribution in [3.05, 3.63) is 66.0 Å². The molecule has 0 fully saturated rings. The zero-order chi connectivity index (χ0) is 13.5. The molecule has 0 aliphatic rings. The number of aromatic nitrogens is 1. The van der Waals surface area contributed by atoms with E-state index in [1.54, 1.807) is 6.20 Å². The largest absolute Gasteiger partial charge is 1.00 e. The van der Waals surface area contributed by atoms with Gasteiger partial charge in [-0.1, -0.05) is 40.7 Å². The van der Waals surface area contributed by atoms with Gasteiger partial charge in [0.2, 0.25) is 0 Å². The molecule has 1 aromatic heterocycles. The van der Waals surface area contributed by atoms with E-state index in [9.17, 15) is 0 Å². The quantitative estimate of drug-likeness (QED) is 0.435. The van der Waals surface area contributed by atoms with E-state index in [-0.39, 0.29) is 51.4 Å². The molecule has 0 saturated heterocycles. The van der Waals surface area contributed by atoms with E-state index < -0.39 is 0 Å². The number of benzene rings is 1. The Balaban J connectivity index is 0.00000200. The second kappa shape index (κ2) is 9.95. The van der Waals surface area contributed by atoms with Crippen LogP contribution in [-0.2, 0) is 25.6 Å². The molecular formula is C15H15KN2S2. The molecule has 20 heavy (non-hydrogen) atoms. The maximum Gasteiger partial charge on any atom is 1.00 e. The maximum atomic E-state index is 5.15. The minimum Gasteiger partial charge on any atom is -0.411 e. The predicted molar refractivity (Wildman–Crippen MR) is 84.8 cm³/mol. The van der Waals surface area contributed by atoms with Gasteiger partial charge < -0.3 is 29.7 Å². The smallest absolute Gasteiger partial charge is 0.411 e. The first-order valence-corrected chi connectivity index (χ1v) is 6.96. The summed E-state index contributed by atoms with van der Waals surface area (Å²) in [6.07, 6.45) is 4.56. The number of nitrogens with zero attached hydrogens (tertiary/aromatic N) is 2. The minimum absolute atomic E-state index is 0. The van der Waals surface area contributed by atoms with Crippen LogP contribution in [0.25, 0.3) is 0 Å². The van der Waals surface area contributed by atoms with E-state index in [1.165, 1.54) is 5.56 Å². The van der Waals surface area contributed by atoms with Crippen molar-refractivity contribution in [2.24, 2.45) is 0 Å². The van der Waals surface area contributed by atoms with E-state index in [4.69, 9.17) is 24.8 Å². The summed E-state index contributed by atoms with van der Waals surface area (Å²) in [4.78, 5) is 6.15. The van der Waals surface area contributed by atoms with Gasteiger partial charge in [-0.2, -0.15) is 0 Å². The van der Waals surface area contributed by atoms with Crippen LogP contribution in [0, 0.1) is 0 Å². The van der Waals surface area contributed by atoms with Crippen molar-refractivity contribution < 1.29 is 51.4 Å². The van der Waals surface area contributed by atoms with E-state index in [2.05, 4.69) is 17.1 Å². The fourth-order valence-corrected chi connectivity index (χ4v) is 2.17. The Morgan fingerprint density at radius 3 is 2.40 bits per heavy atom. The van der Waals surface area contributed by atoms with Gasteiger partial charge >= 0.3 is 51.4 Å². The maximum absolute atomic E-state index is 5.15. The average Bonchev–Trinajstić information content (AvgIpc) is 2.45. The van der Waals surface area contributed by atoms with Crippen molar-refractivity contribution in [3.8, 4) is 0 Å². The fourth-order valence-electron chi connectivity index (χ4n) is 1.86. The first-order valence-electron chi connectivity index (χ1n) is 6.14. The van der Waals surface area contributed by atoms with Crippen LogP contribution in [0.15, 0.2) is 54.9 Å². The normalized spacial score (nSPS) is 9.60. The van der Waals surface area contributed by atoms with E-state index in [1.807, 2.05) is 41.4 Å². The van der Waals surface area contributed by atoms with Crippen molar-refractivity contribution in [1.29, 1.82) is 0 Å². The van der Waals surface area contributed by atoms with Gasteiger partial charge in [-0.3, -0.25) is 4.98 Å². The molecule has 98 valence electrons. The molecule has 0 aliphatic heterocycles. The predicted octanol–water partition coefficient (Wildman–Crippen LogP) is -0.0379. The molecule has 0 amide bonds. The molecule has 2 rings (SSSR count). The van der Waals surface area contributed by atoms with Crippen LogP contribution in [0.3, 0.4) is 0 Å². The van der Waals surface area contributed by atoms with Crippen molar-refractivity contribution in [1.82, 2.24) is 9.88 Å². The third-order valence-electron chi connectivity index (χ3n) is 2.87. The van der Waals surface area contributed by atoms with Crippen molar-refractivity contribution >= 4 is 29.2 Å². The number of hydrogen-bond donors (Lipinski definition) is 0. The molecule has 0 saturated carbocycles. The second-order valence-corrected chi connectivity index (χ2v) is 5.32. The number of thiocarbonyl (C=S) groups is 1. The van der Waals surface area contributed by atoms with E-state index >= 15 is 0 Å². The van der Waals surface area contributed by atoms with Gasteiger partial charge in [0.15, 0.2) is 0 Å². The summed E-state index contributed by atoms with van der Waals surface area (Å²) < 4.78 is 0.514. The fraction of sp³-hybridized carbons (Fsp3) is 0.200.